The summed E-state index contributed by atoms with van der Waals surface area (Å²) in [5.74, 6) is 1.12. The third-order valence-corrected chi connectivity index (χ3v) is 5.09. The van der Waals surface area contributed by atoms with Gasteiger partial charge in [0.25, 0.3) is 5.91 Å². The average molecular weight is 384 g/mol. The number of hydrogen-bond acceptors (Lipinski definition) is 2. The van der Waals surface area contributed by atoms with E-state index in [0.29, 0.717) is 11.5 Å². The number of anilines is 1. The van der Waals surface area contributed by atoms with Crippen LogP contribution in [0.4, 0.5) is 5.82 Å². The van der Waals surface area contributed by atoms with Gasteiger partial charge in [-0.1, -0.05) is 31.0 Å². The maximum absolute atomic E-state index is 12.6. The summed E-state index contributed by atoms with van der Waals surface area (Å²) < 4.78 is 2.93. The fourth-order valence-electron chi connectivity index (χ4n) is 3.41. The molecular formula is C19H18BrN3O. The fourth-order valence-corrected chi connectivity index (χ4v) is 3.75. The van der Waals surface area contributed by atoms with Gasteiger partial charge in [-0.2, -0.15) is 0 Å². The van der Waals surface area contributed by atoms with Gasteiger partial charge in [0.2, 0.25) is 0 Å². The van der Waals surface area contributed by atoms with Crippen LogP contribution in [0.1, 0.15) is 47.7 Å². The van der Waals surface area contributed by atoms with Crippen molar-refractivity contribution in [2.24, 2.45) is 0 Å². The Morgan fingerprint density at radius 3 is 2.62 bits per heavy atom. The highest BCUT2D eigenvalue weighted by molar-refractivity contribution is 9.10. The molecule has 1 fully saturated rings. The van der Waals surface area contributed by atoms with Gasteiger partial charge < -0.3 is 5.32 Å². The van der Waals surface area contributed by atoms with Crippen LogP contribution in [0.3, 0.4) is 0 Å². The Morgan fingerprint density at radius 1 is 1.12 bits per heavy atom. The highest BCUT2D eigenvalue weighted by Crippen LogP contribution is 2.38. The fraction of sp³-hybridized carbons (Fsp3) is 0.263. The van der Waals surface area contributed by atoms with E-state index in [-0.39, 0.29) is 5.91 Å². The molecule has 1 saturated carbocycles. The van der Waals surface area contributed by atoms with Crippen molar-refractivity contribution in [2.45, 2.75) is 31.6 Å². The van der Waals surface area contributed by atoms with Crippen molar-refractivity contribution < 1.29 is 4.79 Å². The second-order valence-corrected chi connectivity index (χ2v) is 7.14. The lowest BCUT2D eigenvalue weighted by molar-refractivity contribution is 0.102. The summed E-state index contributed by atoms with van der Waals surface area (Å²) in [4.78, 5) is 17.5. The molecule has 0 spiro atoms. The topological polar surface area (TPSA) is 46.4 Å². The SMILES string of the molecule is O=C(Nc1c(C2CCCC2)nc2ccc(Br)cn12)c1ccccc1. The highest BCUT2D eigenvalue weighted by atomic mass is 79.9. The number of carbonyl (C=O) groups excluding carboxylic acids is 1. The zero-order valence-corrected chi connectivity index (χ0v) is 14.8. The number of amides is 1. The van der Waals surface area contributed by atoms with Crippen LogP contribution in [0.25, 0.3) is 5.65 Å². The molecule has 122 valence electrons. The molecule has 0 bridgehead atoms. The van der Waals surface area contributed by atoms with Gasteiger partial charge >= 0.3 is 0 Å². The molecule has 1 N–H and O–H groups in total. The van der Waals surface area contributed by atoms with Crippen LogP contribution >= 0.6 is 15.9 Å². The number of halogens is 1. The minimum absolute atomic E-state index is 0.100. The van der Waals surface area contributed by atoms with Gasteiger partial charge in [-0.05, 0) is 53.0 Å². The van der Waals surface area contributed by atoms with Crippen LogP contribution in [0.5, 0.6) is 0 Å². The van der Waals surface area contributed by atoms with Crippen molar-refractivity contribution in [1.82, 2.24) is 9.38 Å². The molecule has 2 aromatic heterocycles. The lowest BCUT2D eigenvalue weighted by atomic mass is 10.0. The van der Waals surface area contributed by atoms with E-state index < -0.39 is 0 Å². The molecule has 2 heterocycles. The van der Waals surface area contributed by atoms with Crippen LogP contribution in [0.2, 0.25) is 0 Å². The Labute approximate surface area is 149 Å². The number of imidazole rings is 1. The summed E-state index contributed by atoms with van der Waals surface area (Å²) in [5.41, 5.74) is 2.53. The summed E-state index contributed by atoms with van der Waals surface area (Å²) in [7, 11) is 0. The van der Waals surface area contributed by atoms with Crippen LogP contribution in [0, 0.1) is 0 Å². The molecule has 5 heteroatoms. The molecule has 1 aliphatic carbocycles. The second-order valence-electron chi connectivity index (χ2n) is 6.22. The Kier molecular flexibility index (Phi) is 4.10. The number of nitrogens with one attached hydrogen (secondary N) is 1. The number of carbonyl (C=O) groups is 1. The predicted molar refractivity (Wildman–Crippen MR) is 98.5 cm³/mol. The summed E-state index contributed by atoms with van der Waals surface area (Å²) in [5, 5.41) is 3.09. The molecule has 4 rings (SSSR count). The number of aromatic nitrogens is 2. The maximum atomic E-state index is 12.6. The number of fused-ring (bicyclic) bond motifs is 1. The standard InChI is InChI=1S/C19H18BrN3O/c20-15-10-11-16-21-17(13-6-4-5-7-13)18(23(16)12-15)22-19(24)14-8-2-1-3-9-14/h1-3,8-13H,4-7H2,(H,22,24). The molecule has 1 aliphatic rings. The molecule has 0 radical (unpaired) electrons. The third-order valence-electron chi connectivity index (χ3n) is 4.62. The van der Waals surface area contributed by atoms with Crippen LogP contribution in [0.15, 0.2) is 53.1 Å². The molecule has 0 unspecified atom stereocenters. The first kappa shape index (κ1) is 15.4. The highest BCUT2D eigenvalue weighted by Gasteiger charge is 2.25. The second kappa shape index (κ2) is 6.40. The number of hydrogen-bond donors (Lipinski definition) is 1. The molecule has 24 heavy (non-hydrogen) atoms. The molecule has 4 nitrogen and oxygen atoms in total. The van der Waals surface area contributed by atoms with E-state index in [1.54, 1.807) is 0 Å². The average Bonchev–Trinajstić information content (AvgIpc) is 3.24. The smallest absolute Gasteiger partial charge is 0.256 e. The maximum Gasteiger partial charge on any atom is 0.256 e. The summed E-state index contributed by atoms with van der Waals surface area (Å²) in [6.07, 6.45) is 6.70. The molecule has 0 saturated heterocycles. The largest absolute Gasteiger partial charge is 0.306 e. The van der Waals surface area contributed by atoms with E-state index in [1.165, 1.54) is 12.8 Å². The monoisotopic (exact) mass is 383 g/mol. The van der Waals surface area contributed by atoms with Crippen molar-refractivity contribution in [1.29, 1.82) is 0 Å². The first-order valence-corrected chi connectivity index (χ1v) is 9.05. The number of nitrogens with zero attached hydrogens (tertiary/aromatic N) is 2. The van der Waals surface area contributed by atoms with Gasteiger partial charge in [-0.3, -0.25) is 9.20 Å². The Balaban J connectivity index is 1.78. The summed E-state index contributed by atoms with van der Waals surface area (Å²) in [6, 6.07) is 13.2. The number of pyridine rings is 1. The van der Waals surface area contributed by atoms with Gasteiger partial charge in [-0.25, -0.2) is 4.98 Å². The van der Waals surface area contributed by atoms with Crippen molar-refractivity contribution >= 4 is 33.3 Å². The molecule has 3 aromatic rings. The molecular weight excluding hydrogens is 366 g/mol. The molecule has 0 atom stereocenters. The zero-order valence-electron chi connectivity index (χ0n) is 13.2. The van der Waals surface area contributed by atoms with Crippen molar-refractivity contribution in [3.05, 3.63) is 64.4 Å². The van der Waals surface area contributed by atoms with E-state index in [4.69, 9.17) is 4.98 Å². The van der Waals surface area contributed by atoms with Crippen molar-refractivity contribution in [3.63, 3.8) is 0 Å². The van der Waals surface area contributed by atoms with Gasteiger partial charge in [0.15, 0.2) is 0 Å². The first-order chi connectivity index (χ1) is 11.7. The number of rotatable bonds is 3. The Bertz CT molecular complexity index is 882. The molecule has 1 amide bonds. The molecule has 1 aromatic carbocycles. The van der Waals surface area contributed by atoms with Crippen molar-refractivity contribution in [2.75, 3.05) is 5.32 Å². The van der Waals surface area contributed by atoms with E-state index in [2.05, 4.69) is 21.2 Å². The minimum Gasteiger partial charge on any atom is -0.306 e. The molecule has 0 aliphatic heterocycles. The lowest BCUT2D eigenvalue weighted by Gasteiger charge is -2.11. The van der Waals surface area contributed by atoms with Crippen molar-refractivity contribution in [3.8, 4) is 0 Å². The predicted octanol–water partition coefficient (Wildman–Crippen LogP) is 5.01. The van der Waals surface area contributed by atoms with E-state index in [9.17, 15) is 4.79 Å². The Morgan fingerprint density at radius 2 is 1.88 bits per heavy atom. The minimum atomic E-state index is -0.100. The van der Waals surface area contributed by atoms with Crippen LogP contribution in [-0.4, -0.2) is 15.3 Å². The van der Waals surface area contributed by atoms with Gasteiger partial charge in [-0.15, -0.1) is 0 Å². The van der Waals surface area contributed by atoms with E-state index in [1.807, 2.05) is 53.1 Å². The summed E-state index contributed by atoms with van der Waals surface area (Å²) in [6.45, 7) is 0. The zero-order chi connectivity index (χ0) is 16.5. The van der Waals surface area contributed by atoms with Gasteiger partial charge in [0, 0.05) is 22.2 Å². The number of benzene rings is 1. The van der Waals surface area contributed by atoms with Gasteiger partial charge in [0.1, 0.15) is 11.5 Å². The van der Waals surface area contributed by atoms with Gasteiger partial charge in [0.05, 0.1) is 5.69 Å². The lowest BCUT2D eigenvalue weighted by Crippen LogP contribution is -2.15. The van der Waals surface area contributed by atoms with E-state index >= 15 is 0 Å². The summed E-state index contributed by atoms with van der Waals surface area (Å²) >= 11 is 3.51. The van der Waals surface area contributed by atoms with Crippen LogP contribution in [-0.2, 0) is 0 Å². The van der Waals surface area contributed by atoms with Crippen LogP contribution < -0.4 is 5.32 Å². The quantitative estimate of drug-likeness (QED) is 0.690. The normalized spacial score (nSPS) is 15.0. The van der Waals surface area contributed by atoms with E-state index in [0.717, 1.165) is 34.5 Å². The Hall–Kier alpha value is -2.14. The first-order valence-electron chi connectivity index (χ1n) is 8.26. The third kappa shape index (κ3) is 2.84.